The van der Waals surface area contributed by atoms with Crippen LogP contribution >= 0.6 is 11.6 Å². The number of aromatic hydroxyl groups is 1. The van der Waals surface area contributed by atoms with Crippen LogP contribution in [0.5, 0.6) is 5.75 Å². The van der Waals surface area contributed by atoms with E-state index in [4.69, 9.17) is 11.6 Å². The lowest BCUT2D eigenvalue weighted by Gasteiger charge is -2.11. The summed E-state index contributed by atoms with van der Waals surface area (Å²) in [4.78, 5) is 16.3. The van der Waals surface area contributed by atoms with Gasteiger partial charge in [0.05, 0.1) is 6.54 Å². The summed E-state index contributed by atoms with van der Waals surface area (Å²) >= 11 is 5.86. The molecule has 1 N–H and O–H groups in total. The SMILES string of the molecule is O=c1cc(Cl)nc(C2CC2)n1Cc1cccc(O)c1. The Morgan fingerprint density at radius 3 is 2.84 bits per heavy atom. The van der Waals surface area contributed by atoms with Gasteiger partial charge in [-0.25, -0.2) is 4.98 Å². The zero-order valence-electron chi connectivity index (χ0n) is 10.2. The number of benzene rings is 1. The van der Waals surface area contributed by atoms with Gasteiger partial charge in [0, 0.05) is 12.0 Å². The minimum absolute atomic E-state index is 0.148. The smallest absolute Gasteiger partial charge is 0.255 e. The molecular formula is C14H13ClN2O2. The Morgan fingerprint density at radius 1 is 1.37 bits per heavy atom. The van der Waals surface area contributed by atoms with Gasteiger partial charge in [0.15, 0.2) is 0 Å². The minimum Gasteiger partial charge on any atom is -0.508 e. The fourth-order valence-electron chi connectivity index (χ4n) is 2.14. The highest BCUT2D eigenvalue weighted by molar-refractivity contribution is 6.29. The van der Waals surface area contributed by atoms with Crippen molar-refractivity contribution in [3.63, 3.8) is 0 Å². The predicted octanol–water partition coefficient (Wildman–Crippen LogP) is 2.53. The molecule has 3 rings (SSSR count). The van der Waals surface area contributed by atoms with Crippen LogP contribution in [0.4, 0.5) is 0 Å². The van der Waals surface area contributed by atoms with Crippen LogP contribution in [-0.4, -0.2) is 14.7 Å². The Kier molecular flexibility index (Phi) is 3.03. The minimum atomic E-state index is -0.148. The highest BCUT2D eigenvalue weighted by atomic mass is 35.5. The van der Waals surface area contributed by atoms with Crippen LogP contribution in [0.15, 0.2) is 35.1 Å². The molecule has 0 amide bonds. The molecule has 1 aliphatic carbocycles. The highest BCUT2D eigenvalue weighted by Gasteiger charge is 2.28. The van der Waals surface area contributed by atoms with Gasteiger partial charge in [-0.05, 0) is 30.5 Å². The molecule has 0 aliphatic heterocycles. The van der Waals surface area contributed by atoms with Crippen LogP contribution in [0.1, 0.15) is 30.1 Å². The topological polar surface area (TPSA) is 55.1 Å². The second kappa shape index (κ2) is 4.70. The van der Waals surface area contributed by atoms with Crippen LogP contribution in [0.25, 0.3) is 0 Å². The number of phenolic OH excluding ortho intramolecular Hbond substituents is 1. The molecule has 5 heteroatoms. The monoisotopic (exact) mass is 276 g/mol. The van der Waals surface area contributed by atoms with Crippen molar-refractivity contribution in [3.05, 3.63) is 57.2 Å². The molecule has 2 aromatic rings. The Bertz CT molecular complexity index is 677. The van der Waals surface area contributed by atoms with E-state index in [-0.39, 0.29) is 16.5 Å². The van der Waals surface area contributed by atoms with Crippen molar-refractivity contribution in [1.82, 2.24) is 9.55 Å². The van der Waals surface area contributed by atoms with Gasteiger partial charge in [0.1, 0.15) is 16.7 Å². The normalized spacial score (nSPS) is 14.6. The largest absolute Gasteiger partial charge is 0.508 e. The molecule has 1 aliphatic rings. The third-order valence-corrected chi connectivity index (χ3v) is 3.39. The number of hydrogen-bond acceptors (Lipinski definition) is 3. The van der Waals surface area contributed by atoms with E-state index < -0.39 is 0 Å². The van der Waals surface area contributed by atoms with Crippen molar-refractivity contribution in [2.75, 3.05) is 0 Å². The Hall–Kier alpha value is -1.81. The van der Waals surface area contributed by atoms with E-state index in [2.05, 4.69) is 4.98 Å². The first-order valence-corrected chi connectivity index (χ1v) is 6.56. The molecule has 0 bridgehead atoms. The van der Waals surface area contributed by atoms with Crippen molar-refractivity contribution < 1.29 is 5.11 Å². The molecule has 0 saturated heterocycles. The van der Waals surface area contributed by atoms with Crippen molar-refractivity contribution in [2.45, 2.75) is 25.3 Å². The molecule has 0 spiro atoms. The van der Waals surface area contributed by atoms with E-state index in [1.165, 1.54) is 6.07 Å². The third kappa shape index (κ3) is 2.63. The lowest BCUT2D eigenvalue weighted by molar-refractivity contribution is 0.474. The van der Waals surface area contributed by atoms with Gasteiger partial charge in [-0.15, -0.1) is 0 Å². The first kappa shape index (κ1) is 12.2. The fraction of sp³-hybridized carbons (Fsp3) is 0.286. The Morgan fingerprint density at radius 2 is 2.16 bits per heavy atom. The first-order valence-electron chi connectivity index (χ1n) is 6.18. The third-order valence-electron chi connectivity index (χ3n) is 3.20. The van der Waals surface area contributed by atoms with Gasteiger partial charge in [-0.2, -0.15) is 0 Å². The zero-order chi connectivity index (χ0) is 13.4. The van der Waals surface area contributed by atoms with E-state index in [0.29, 0.717) is 12.5 Å². The van der Waals surface area contributed by atoms with Gasteiger partial charge in [-0.1, -0.05) is 23.7 Å². The van der Waals surface area contributed by atoms with Crippen molar-refractivity contribution in [3.8, 4) is 5.75 Å². The molecule has 0 atom stereocenters. The fourth-order valence-corrected chi connectivity index (χ4v) is 2.32. The maximum Gasteiger partial charge on any atom is 0.255 e. The summed E-state index contributed by atoms with van der Waals surface area (Å²) in [6, 6.07) is 8.22. The molecule has 1 aromatic heterocycles. The van der Waals surface area contributed by atoms with Crippen molar-refractivity contribution in [1.29, 1.82) is 0 Å². The molecule has 0 radical (unpaired) electrons. The summed E-state index contributed by atoms with van der Waals surface area (Å²) in [5.41, 5.74) is 0.721. The summed E-state index contributed by atoms with van der Waals surface area (Å²) < 4.78 is 1.64. The van der Waals surface area contributed by atoms with Crippen molar-refractivity contribution >= 4 is 11.6 Å². The van der Waals surface area contributed by atoms with Gasteiger partial charge >= 0.3 is 0 Å². The zero-order valence-corrected chi connectivity index (χ0v) is 11.0. The molecule has 98 valence electrons. The molecule has 1 aromatic carbocycles. The summed E-state index contributed by atoms with van der Waals surface area (Å²) in [5.74, 6) is 1.28. The summed E-state index contributed by atoms with van der Waals surface area (Å²) in [5, 5.41) is 9.72. The van der Waals surface area contributed by atoms with Gasteiger partial charge in [0.2, 0.25) is 0 Å². The van der Waals surface area contributed by atoms with Gasteiger partial charge in [-0.3, -0.25) is 9.36 Å². The van der Waals surface area contributed by atoms with Crippen LogP contribution in [0.2, 0.25) is 5.15 Å². The average Bonchev–Trinajstić information content (AvgIpc) is 3.16. The van der Waals surface area contributed by atoms with Crippen LogP contribution in [0.3, 0.4) is 0 Å². The van der Waals surface area contributed by atoms with E-state index in [1.54, 1.807) is 22.8 Å². The molecule has 19 heavy (non-hydrogen) atoms. The van der Waals surface area contributed by atoms with Gasteiger partial charge < -0.3 is 5.11 Å². The molecule has 1 saturated carbocycles. The lowest BCUT2D eigenvalue weighted by atomic mass is 10.2. The molecule has 1 heterocycles. The maximum atomic E-state index is 12.1. The number of phenols is 1. The number of hydrogen-bond donors (Lipinski definition) is 1. The maximum absolute atomic E-state index is 12.1. The number of nitrogens with zero attached hydrogens (tertiary/aromatic N) is 2. The van der Waals surface area contributed by atoms with Gasteiger partial charge in [0.25, 0.3) is 5.56 Å². The Balaban J connectivity index is 2.02. The number of halogens is 1. The molecular weight excluding hydrogens is 264 g/mol. The van der Waals surface area contributed by atoms with Crippen LogP contribution in [-0.2, 0) is 6.54 Å². The summed E-state index contributed by atoms with van der Waals surface area (Å²) in [6.07, 6.45) is 2.10. The van der Waals surface area contributed by atoms with Crippen LogP contribution < -0.4 is 5.56 Å². The summed E-state index contributed by atoms with van der Waals surface area (Å²) in [7, 11) is 0. The van der Waals surface area contributed by atoms with Crippen molar-refractivity contribution in [2.24, 2.45) is 0 Å². The molecule has 1 fully saturated rings. The summed E-state index contributed by atoms with van der Waals surface area (Å²) in [6.45, 7) is 0.406. The first-order chi connectivity index (χ1) is 9.13. The molecule has 4 nitrogen and oxygen atoms in total. The van der Waals surface area contributed by atoms with E-state index in [9.17, 15) is 9.90 Å². The van der Waals surface area contributed by atoms with E-state index in [0.717, 1.165) is 24.2 Å². The Labute approximate surface area is 115 Å². The van der Waals surface area contributed by atoms with Crippen LogP contribution in [0, 0.1) is 0 Å². The second-order valence-electron chi connectivity index (χ2n) is 4.81. The quantitative estimate of drug-likeness (QED) is 0.877. The predicted molar refractivity (Wildman–Crippen MR) is 72.7 cm³/mol. The number of rotatable bonds is 3. The van der Waals surface area contributed by atoms with E-state index >= 15 is 0 Å². The number of aromatic nitrogens is 2. The lowest BCUT2D eigenvalue weighted by Crippen LogP contribution is -2.24. The van der Waals surface area contributed by atoms with E-state index in [1.807, 2.05) is 6.07 Å². The highest BCUT2D eigenvalue weighted by Crippen LogP contribution is 2.38. The second-order valence-corrected chi connectivity index (χ2v) is 5.19. The molecule has 0 unspecified atom stereocenters. The standard InChI is InChI=1S/C14H13ClN2O2/c15-12-7-13(19)17(14(16-12)10-4-5-10)8-9-2-1-3-11(18)6-9/h1-3,6-7,10,18H,4-5,8H2. The average molecular weight is 277 g/mol.